The van der Waals surface area contributed by atoms with Crippen LogP contribution >= 0.6 is 11.8 Å². The van der Waals surface area contributed by atoms with Gasteiger partial charge >= 0.3 is 0 Å². The second-order valence-electron chi connectivity index (χ2n) is 5.05. The minimum absolute atomic E-state index is 0.109. The Labute approximate surface area is 143 Å². The normalized spacial score (nSPS) is 10.0. The molecule has 1 heterocycles. The zero-order valence-corrected chi connectivity index (χ0v) is 14.2. The fourth-order valence-electron chi connectivity index (χ4n) is 2.08. The molecular weight excluding hydrogens is 326 g/mol. The molecule has 7 heteroatoms. The first-order valence-corrected chi connectivity index (χ1v) is 8.18. The molecule has 124 valence electrons. The number of rotatable bonds is 6. The summed E-state index contributed by atoms with van der Waals surface area (Å²) in [6, 6.07) is 10.8. The van der Waals surface area contributed by atoms with Gasteiger partial charge in [0.05, 0.1) is 23.5 Å². The van der Waals surface area contributed by atoms with Gasteiger partial charge in [-0.2, -0.15) is 5.26 Å². The van der Waals surface area contributed by atoms with Crippen molar-refractivity contribution in [3.05, 3.63) is 57.4 Å². The molecule has 0 fully saturated rings. The van der Waals surface area contributed by atoms with Gasteiger partial charge in [-0.1, -0.05) is 23.9 Å². The van der Waals surface area contributed by atoms with Crippen molar-refractivity contribution in [3.8, 4) is 11.8 Å². The fourth-order valence-corrected chi connectivity index (χ4v) is 2.98. The number of carbonyl (C=O) groups is 1. The largest absolute Gasteiger partial charge is 0.497 e. The number of amides is 1. The maximum absolute atomic E-state index is 12.0. The number of aromatic nitrogens is 1. The van der Waals surface area contributed by atoms with Crippen LogP contribution < -0.4 is 15.6 Å². The van der Waals surface area contributed by atoms with Gasteiger partial charge in [-0.05, 0) is 30.2 Å². The third-order valence-electron chi connectivity index (χ3n) is 3.29. The highest BCUT2D eigenvalue weighted by molar-refractivity contribution is 8.00. The highest BCUT2D eigenvalue weighted by atomic mass is 32.2. The molecule has 0 aliphatic heterocycles. The summed E-state index contributed by atoms with van der Waals surface area (Å²) in [6.07, 6.45) is 0. The average molecular weight is 343 g/mol. The molecule has 0 aliphatic carbocycles. The minimum Gasteiger partial charge on any atom is -0.497 e. The van der Waals surface area contributed by atoms with Crippen LogP contribution in [-0.2, 0) is 11.3 Å². The van der Waals surface area contributed by atoms with E-state index < -0.39 is 0 Å². The summed E-state index contributed by atoms with van der Waals surface area (Å²) in [6.45, 7) is 2.08. The van der Waals surface area contributed by atoms with E-state index >= 15 is 0 Å². The van der Waals surface area contributed by atoms with Crippen molar-refractivity contribution in [1.82, 2.24) is 10.3 Å². The molecule has 2 N–H and O–H groups in total. The van der Waals surface area contributed by atoms with Crippen LogP contribution in [0.4, 0.5) is 0 Å². The smallest absolute Gasteiger partial charge is 0.249 e. The Morgan fingerprint density at radius 3 is 2.92 bits per heavy atom. The van der Waals surface area contributed by atoms with Crippen LogP contribution in [0.15, 0.2) is 40.2 Å². The number of H-pyrrole nitrogens is 1. The monoisotopic (exact) mass is 343 g/mol. The van der Waals surface area contributed by atoms with Crippen molar-refractivity contribution in [1.29, 1.82) is 5.26 Å². The quantitative estimate of drug-likeness (QED) is 0.782. The Kier molecular flexibility index (Phi) is 6.04. The Balaban J connectivity index is 1.94. The van der Waals surface area contributed by atoms with E-state index in [4.69, 9.17) is 10.00 Å². The van der Waals surface area contributed by atoms with Gasteiger partial charge in [0.2, 0.25) is 11.5 Å². The molecule has 0 bridgehead atoms. The summed E-state index contributed by atoms with van der Waals surface area (Å²) in [4.78, 5) is 26.1. The average Bonchev–Trinajstić information content (AvgIpc) is 2.58. The molecule has 0 saturated heterocycles. The molecule has 0 saturated carbocycles. The van der Waals surface area contributed by atoms with Crippen LogP contribution in [0.5, 0.6) is 5.75 Å². The summed E-state index contributed by atoms with van der Waals surface area (Å²) >= 11 is 1.14. The van der Waals surface area contributed by atoms with Crippen molar-refractivity contribution in [2.24, 2.45) is 0 Å². The lowest BCUT2D eigenvalue weighted by atomic mass is 10.2. The topological polar surface area (TPSA) is 95.0 Å². The van der Waals surface area contributed by atoms with Gasteiger partial charge in [0.25, 0.3) is 0 Å². The van der Waals surface area contributed by atoms with Crippen LogP contribution in [0.25, 0.3) is 0 Å². The highest BCUT2D eigenvalue weighted by Gasteiger charge is 2.10. The van der Waals surface area contributed by atoms with E-state index in [-0.39, 0.29) is 17.2 Å². The van der Waals surface area contributed by atoms with E-state index in [1.807, 2.05) is 30.3 Å². The number of ether oxygens (including phenoxy) is 1. The SMILES string of the molecule is COc1cccc(CNC(=O)CSc2[nH]c(=O)cc(C)c2C#N)c1. The van der Waals surface area contributed by atoms with Gasteiger partial charge < -0.3 is 15.0 Å². The van der Waals surface area contributed by atoms with Crippen LogP contribution in [-0.4, -0.2) is 23.8 Å². The Hall–Kier alpha value is -2.72. The molecule has 24 heavy (non-hydrogen) atoms. The zero-order valence-electron chi connectivity index (χ0n) is 13.4. The number of hydrogen-bond donors (Lipinski definition) is 2. The zero-order chi connectivity index (χ0) is 17.5. The molecule has 1 aromatic carbocycles. The predicted molar refractivity (Wildman–Crippen MR) is 92.1 cm³/mol. The van der Waals surface area contributed by atoms with Crippen LogP contribution in [0.1, 0.15) is 16.7 Å². The predicted octanol–water partition coefficient (Wildman–Crippen LogP) is 1.97. The molecular formula is C17H17N3O3S. The van der Waals surface area contributed by atoms with E-state index in [1.165, 1.54) is 6.07 Å². The van der Waals surface area contributed by atoms with Gasteiger partial charge in [0, 0.05) is 12.6 Å². The third kappa shape index (κ3) is 4.64. The Morgan fingerprint density at radius 1 is 1.42 bits per heavy atom. The molecule has 2 aromatic rings. The van der Waals surface area contributed by atoms with Gasteiger partial charge in [-0.15, -0.1) is 0 Å². The number of aromatic amines is 1. The van der Waals surface area contributed by atoms with Gasteiger partial charge in [-0.3, -0.25) is 9.59 Å². The van der Waals surface area contributed by atoms with Crippen LogP contribution in [0.3, 0.4) is 0 Å². The standard InChI is InChI=1S/C17H17N3O3S/c1-11-6-15(21)20-17(14(11)8-18)24-10-16(22)19-9-12-4-3-5-13(7-12)23-2/h3-7H,9-10H2,1-2H3,(H,19,22)(H,20,21). The third-order valence-corrected chi connectivity index (χ3v) is 4.29. The summed E-state index contributed by atoms with van der Waals surface area (Å²) in [5, 5.41) is 12.4. The molecule has 0 radical (unpaired) electrons. The summed E-state index contributed by atoms with van der Waals surface area (Å²) in [5.74, 6) is 0.652. The molecule has 1 amide bonds. The lowest BCUT2D eigenvalue weighted by Crippen LogP contribution is -2.24. The second-order valence-corrected chi connectivity index (χ2v) is 6.04. The lowest BCUT2D eigenvalue weighted by molar-refractivity contribution is -0.118. The summed E-state index contributed by atoms with van der Waals surface area (Å²) in [5.41, 5.74) is 1.63. The van der Waals surface area contributed by atoms with E-state index in [0.29, 0.717) is 22.7 Å². The number of carbonyl (C=O) groups excluding carboxylic acids is 1. The molecule has 0 aliphatic rings. The minimum atomic E-state index is -0.286. The first-order chi connectivity index (χ1) is 11.5. The summed E-state index contributed by atoms with van der Waals surface area (Å²) in [7, 11) is 1.59. The molecule has 1 aromatic heterocycles. The van der Waals surface area contributed by atoms with Crippen LogP contribution in [0, 0.1) is 18.3 Å². The maximum atomic E-state index is 12.0. The summed E-state index contributed by atoms with van der Waals surface area (Å²) < 4.78 is 5.13. The van der Waals surface area contributed by atoms with E-state index in [0.717, 1.165) is 23.1 Å². The number of aryl methyl sites for hydroxylation is 1. The van der Waals surface area contributed by atoms with Crippen molar-refractivity contribution in [3.63, 3.8) is 0 Å². The van der Waals surface area contributed by atoms with Crippen molar-refractivity contribution in [2.45, 2.75) is 18.5 Å². The second kappa shape index (κ2) is 8.22. The number of nitriles is 1. The lowest BCUT2D eigenvalue weighted by Gasteiger charge is -2.08. The van der Waals surface area contributed by atoms with Gasteiger partial charge in [0.1, 0.15) is 11.8 Å². The molecule has 0 unspecified atom stereocenters. The van der Waals surface area contributed by atoms with Gasteiger partial charge in [0.15, 0.2) is 0 Å². The molecule has 6 nitrogen and oxygen atoms in total. The van der Waals surface area contributed by atoms with E-state index in [2.05, 4.69) is 10.3 Å². The van der Waals surface area contributed by atoms with Crippen molar-refractivity contribution in [2.75, 3.05) is 12.9 Å². The molecule has 0 atom stereocenters. The number of nitrogens with zero attached hydrogens (tertiary/aromatic N) is 1. The number of methoxy groups -OCH3 is 1. The van der Waals surface area contributed by atoms with Crippen molar-refractivity contribution >= 4 is 17.7 Å². The maximum Gasteiger partial charge on any atom is 0.249 e. The van der Waals surface area contributed by atoms with E-state index in [1.54, 1.807) is 14.0 Å². The molecule has 2 rings (SSSR count). The Bertz CT molecular complexity index is 840. The van der Waals surface area contributed by atoms with Gasteiger partial charge in [-0.25, -0.2) is 0 Å². The number of thioether (sulfide) groups is 1. The fraction of sp³-hybridized carbons (Fsp3) is 0.235. The van der Waals surface area contributed by atoms with Crippen molar-refractivity contribution < 1.29 is 9.53 Å². The number of hydrogen-bond acceptors (Lipinski definition) is 5. The van der Waals surface area contributed by atoms with Crippen LogP contribution in [0.2, 0.25) is 0 Å². The first-order valence-electron chi connectivity index (χ1n) is 7.20. The Morgan fingerprint density at radius 2 is 2.21 bits per heavy atom. The highest BCUT2D eigenvalue weighted by Crippen LogP contribution is 2.20. The number of pyridine rings is 1. The van der Waals surface area contributed by atoms with E-state index in [9.17, 15) is 9.59 Å². The molecule has 0 spiro atoms. The number of benzene rings is 1. The number of nitrogens with one attached hydrogen (secondary N) is 2. The first kappa shape index (κ1) is 17.6.